The van der Waals surface area contributed by atoms with Crippen LogP contribution in [0.5, 0.6) is 0 Å². The fourth-order valence-corrected chi connectivity index (χ4v) is 2.83. The summed E-state index contributed by atoms with van der Waals surface area (Å²) in [6.07, 6.45) is 3.18. The van der Waals surface area contributed by atoms with Crippen LogP contribution in [0, 0.1) is 0 Å². The van der Waals surface area contributed by atoms with Crippen molar-refractivity contribution in [3.05, 3.63) is 53.2 Å². The number of H-pyrrole nitrogens is 1. The van der Waals surface area contributed by atoms with Gasteiger partial charge in [-0.1, -0.05) is 28.1 Å². The Hall–Kier alpha value is -2.48. The van der Waals surface area contributed by atoms with Crippen molar-refractivity contribution >= 4 is 21.8 Å². The standard InChI is InChI=1S/C15H13BrN6O/c16-11-3-1-10(2-4-11)13-5-14(20-19-13)15(23)21-6-12(7-21)22-9-17-8-18-22/h1-5,8-9,12H,6-7H2,(H,19,20). The minimum absolute atomic E-state index is 0.0442. The Morgan fingerprint density at radius 3 is 2.74 bits per heavy atom. The number of carbonyl (C=O) groups excluding carboxylic acids is 1. The van der Waals surface area contributed by atoms with Crippen LogP contribution in [0.25, 0.3) is 11.3 Å². The molecule has 1 fully saturated rings. The van der Waals surface area contributed by atoms with E-state index in [1.54, 1.807) is 22.0 Å². The molecule has 1 N–H and O–H groups in total. The number of carbonyl (C=O) groups is 1. The third kappa shape index (κ3) is 2.65. The Kier molecular flexibility index (Phi) is 3.45. The molecule has 2 aromatic heterocycles. The Morgan fingerprint density at radius 1 is 1.26 bits per heavy atom. The Labute approximate surface area is 140 Å². The van der Waals surface area contributed by atoms with Crippen LogP contribution >= 0.6 is 15.9 Å². The van der Waals surface area contributed by atoms with E-state index in [1.165, 1.54) is 6.33 Å². The zero-order chi connectivity index (χ0) is 15.8. The summed E-state index contributed by atoms with van der Waals surface area (Å²) in [5, 5.41) is 11.2. The molecular weight excluding hydrogens is 360 g/mol. The lowest BCUT2D eigenvalue weighted by Gasteiger charge is -2.38. The van der Waals surface area contributed by atoms with E-state index in [2.05, 4.69) is 36.2 Å². The van der Waals surface area contributed by atoms with Crippen LogP contribution in [0.1, 0.15) is 16.5 Å². The molecule has 1 aliphatic rings. The van der Waals surface area contributed by atoms with Crippen molar-refractivity contribution in [2.75, 3.05) is 13.1 Å². The zero-order valence-corrected chi connectivity index (χ0v) is 13.6. The average Bonchev–Trinajstić information content (AvgIpc) is 3.18. The number of aromatic amines is 1. The van der Waals surface area contributed by atoms with Gasteiger partial charge in [-0.25, -0.2) is 9.67 Å². The molecular formula is C15H13BrN6O. The number of nitrogens with zero attached hydrogens (tertiary/aromatic N) is 5. The summed E-state index contributed by atoms with van der Waals surface area (Å²) in [5.41, 5.74) is 2.22. The summed E-state index contributed by atoms with van der Waals surface area (Å²) in [5.74, 6) is -0.0442. The molecule has 1 amide bonds. The predicted molar refractivity (Wildman–Crippen MR) is 86.7 cm³/mol. The highest BCUT2D eigenvalue weighted by molar-refractivity contribution is 9.10. The van der Waals surface area contributed by atoms with E-state index in [0.717, 1.165) is 15.7 Å². The normalized spacial score (nSPS) is 14.7. The van der Waals surface area contributed by atoms with E-state index in [1.807, 2.05) is 24.3 Å². The lowest BCUT2D eigenvalue weighted by Crippen LogP contribution is -2.51. The number of hydrogen-bond acceptors (Lipinski definition) is 4. The van der Waals surface area contributed by atoms with Gasteiger partial charge in [0, 0.05) is 23.1 Å². The number of nitrogens with one attached hydrogen (secondary N) is 1. The molecule has 3 heterocycles. The first-order valence-electron chi connectivity index (χ1n) is 7.15. The summed E-state index contributed by atoms with van der Waals surface area (Å²) in [4.78, 5) is 18.1. The van der Waals surface area contributed by atoms with Gasteiger partial charge in [0.25, 0.3) is 5.91 Å². The van der Waals surface area contributed by atoms with Gasteiger partial charge in [0.05, 0.1) is 11.7 Å². The van der Waals surface area contributed by atoms with Crippen molar-refractivity contribution < 1.29 is 4.79 Å². The topological polar surface area (TPSA) is 79.7 Å². The molecule has 1 aliphatic heterocycles. The van der Waals surface area contributed by atoms with E-state index in [-0.39, 0.29) is 11.9 Å². The number of rotatable bonds is 3. The van der Waals surface area contributed by atoms with Gasteiger partial charge in [0.1, 0.15) is 18.3 Å². The molecule has 0 bridgehead atoms. The Bertz CT molecular complexity index is 820. The van der Waals surface area contributed by atoms with Gasteiger partial charge in [-0.05, 0) is 18.2 Å². The second-order valence-electron chi connectivity index (χ2n) is 5.41. The van der Waals surface area contributed by atoms with Gasteiger partial charge in [0.15, 0.2) is 0 Å². The van der Waals surface area contributed by atoms with Crippen LogP contribution in [0.4, 0.5) is 0 Å². The molecule has 23 heavy (non-hydrogen) atoms. The van der Waals surface area contributed by atoms with Crippen LogP contribution in [-0.2, 0) is 0 Å². The Morgan fingerprint density at radius 2 is 2.04 bits per heavy atom. The highest BCUT2D eigenvalue weighted by Gasteiger charge is 2.33. The van der Waals surface area contributed by atoms with Crippen LogP contribution in [0.15, 0.2) is 47.5 Å². The molecule has 4 rings (SSSR count). The average molecular weight is 373 g/mol. The first-order valence-corrected chi connectivity index (χ1v) is 7.95. The number of amides is 1. The molecule has 0 spiro atoms. The number of likely N-dealkylation sites (tertiary alicyclic amines) is 1. The minimum atomic E-state index is -0.0442. The predicted octanol–water partition coefficient (Wildman–Crippen LogP) is 2.13. The second-order valence-corrected chi connectivity index (χ2v) is 6.33. The van der Waals surface area contributed by atoms with Gasteiger partial charge < -0.3 is 4.90 Å². The van der Waals surface area contributed by atoms with Gasteiger partial charge in [-0.15, -0.1) is 0 Å². The molecule has 8 heteroatoms. The molecule has 0 saturated carbocycles. The van der Waals surface area contributed by atoms with Crippen molar-refractivity contribution in [2.45, 2.75) is 6.04 Å². The third-order valence-electron chi connectivity index (χ3n) is 3.91. The summed E-state index contributed by atoms with van der Waals surface area (Å²) >= 11 is 3.40. The quantitative estimate of drug-likeness (QED) is 0.763. The number of benzene rings is 1. The first-order chi connectivity index (χ1) is 11.2. The maximum absolute atomic E-state index is 12.4. The zero-order valence-electron chi connectivity index (χ0n) is 12.1. The lowest BCUT2D eigenvalue weighted by molar-refractivity contribution is 0.0495. The highest BCUT2D eigenvalue weighted by atomic mass is 79.9. The molecule has 0 atom stereocenters. The Balaban J connectivity index is 1.45. The van der Waals surface area contributed by atoms with Crippen molar-refractivity contribution in [3.63, 3.8) is 0 Å². The van der Waals surface area contributed by atoms with Crippen LogP contribution in [-0.4, -0.2) is 48.9 Å². The summed E-state index contributed by atoms with van der Waals surface area (Å²) < 4.78 is 2.79. The van der Waals surface area contributed by atoms with E-state index < -0.39 is 0 Å². The minimum Gasteiger partial charge on any atom is -0.333 e. The molecule has 1 aromatic carbocycles. The summed E-state index contributed by atoms with van der Waals surface area (Å²) in [6, 6.07) is 9.80. The van der Waals surface area contributed by atoms with Gasteiger partial charge in [0.2, 0.25) is 0 Å². The van der Waals surface area contributed by atoms with Crippen molar-refractivity contribution in [1.82, 2.24) is 29.9 Å². The van der Waals surface area contributed by atoms with Crippen LogP contribution in [0.3, 0.4) is 0 Å². The van der Waals surface area contributed by atoms with Gasteiger partial charge in [-0.3, -0.25) is 9.89 Å². The van der Waals surface area contributed by atoms with Gasteiger partial charge in [-0.2, -0.15) is 10.2 Å². The molecule has 0 unspecified atom stereocenters. The second kappa shape index (κ2) is 5.62. The maximum Gasteiger partial charge on any atom is 0.272 e. The lowest BCUT2D eigenvalue weighted by atomic mass is 10.1. The third-order valence-corrected chi connectivity index (χ3v) is 4.44. The van der Waals surface area contributed by atoms with Crippen molar-refractivity contribution in [3.8, 4) is 11.3 Å². The molecule has 0 aliphatic carbocycles. The van der Waals surface area contributed by atoms with Crippen molar-refractivity contribution in [2.24, 2.45) is 0 Å². The fraction of sp³-hybridized carbons (Fsp3) is 0.200. The number of halogens is 1. The molecule has 3 aromatic rings. The molecule has 7 nitrogen and oxygen atoms in total. The first kappa shape index (κ1) is 14.1. The van der Waals surface area contributed by atoms with E-state index in [0.29, 0.717) is 18.8 Å². The van der Waals surface area contributed by atoms with Crippen LogP contribution < -0.4 is 0 Å². The van der Waals surface area contributed by atoms with Crippen LogP contribution in [0.2, 0.25) is 0 Å². The van der Waals surface area contributed by atoms with E-state index >= 15 is 0 Å². The SMILES string of the molecule is O=C(c1cc(-c2ccc(Br)cc2)n[nH]1)N1CC(n2cncn2)C1. The van der Waals surface area contributed by atoms with Crippen molar-refractivity contribution in [1.29, 1.82) is 0 Å². The van der Waals surface area contributed by atoms with Gasteiger partial charge >= 0.3 is 0 Å². The molecule has 1 saturated heterocycles. The summed E-state index contributed by atoms with van der Waals surface area (Å²) in [7, 11) is 0. The maximum atomic E-state index is 12.4. The summed E-state index contributed by atoms with van der Waals surface area (Å²) in [6.45, 7) is 1.27. The number of aromatic nitrogens is 5. The highest BCUT2D eigenvalue weighted by Crippen LogP contribution is 2.24. The van der Waals surface area contributed by atoms with E-state index in [4.69, 9.17) is 0 Å². The number of hydrogen-bond donors (Lipinski definition) is 1. The monoisotopic (exact) mass is 372 g/mol. The largest absolute Gasteiger partial charge is 0.333 e. The molecule has 0 radical (unpaired) electrons. The fourth-order valence-electron chi connectivity index (χ4n) is 2.56. The smallest absolute Gasteiger partial charge is 0.272 e. The molecule has 116 valence electrons. The van der Waals surface area contributed by atoms with E-state index in [9.17, 15) is 4.79 Å².